The van der Waals surface area contributed by atoms with Gasteiger partial charge in [0.05, 0.1) is 0 Å². The molecule has 0 bridgehead atoms. The lowest BCUT2D eigenvalue weighted by Crippen LogP contribution is -1.96. The minimum absolute atomic E-state index is 0.608. The molecule has 0 atom stereocenters. The molecule has 1 aromatic heterocycles. The van der Waals surface area contributed by atoms with Crippen LogP contribution in [0.25, 0.3) is 0 Å². The molecular formula is C12H14N2S. The van der Waals surface area contributed by atoms with Gasteiger partial charge < -0.3 is 0 Å². The predicted molar refractivity (Wildman–Crippen MR) is 65.2 cm³/mol. The number of nitrogens with zero attached hydrogens (tertiary/aromatic N) is 1. The second-order valence-corrected chi connectivity index (χ2v) is 4.73. The summed E-state index contributed by atoms with van der Waals surface area (Å²) in [4.78, 5) is 5.37. The lowest BCUT2D eigenvalue weighted by molar-refractivity contribution is 0.724. The van der Waals surface area contributed by atoms with Gasteiger partial charge in [-0.3, -0.25) is 10.4 Å². The minimum Gasteiger partial charge on any atom is -0.293 e. The summed E-state index contributed by atoms with van der Waals surface area (Å²) in [5.74, 6) is 0. The number of nitrogens with one attached hydrogen (secondary N) is 1. The molecule has 0 aliphatic heterocycles. The second-order valence-electron chi connectivity index (χ2n) is 3.59. The van der Waals surface area contributed by atoms with Crippen LogP contribution < -0.4 is 0 Å². The van der Waals surface area contributed by atoms with Crippen molar-refractivity contribution in [2.75, 3.05) is 0 Å². The van der Waals surface area contributed by atoms with Gasteiger partial charge in [-0.2, -0.15) is 0 Å². The maximum absolute atomic E-state index is 7.95. The standard InChI is InChI=1S/C12H14N2S/c13-12(10-5-4-8-14-9-10)15-11-6-2-1-3-7-11/h4-6,8-9,13H,1-3,7H2. The van der Waals surface area contributed by atoms with Gasteiger partial charge in [0.2, 0.25) is 0 Å². The summed E-state index contributed by atoms with van der Waals surface area (Å²) in [6.45, 7) is 0. The summed E-state index contributed by atoms with van der Waals surface area (Å²) in [6, 6.07) is 3.81. The molecule has 0 aromatic carbocycles. The Bertz CT molecular complexity index is 370. The Morgan fingerprint density at radius 3 is 3.00 bits per heavy atom. The largest absolute Gasteiger partial charge is 0.293 e. The van der Waals surface area contributed by atoms with Crippen LogP contribution in [0.1, 0.15) is 31.2 Å². The summed E-state index contributed by atoms with van der Waals surface area (Å²) in [7, 11) is 0. The van der Waals surface area contributed by atoms with Crippen molar-refractivity contribution in [1.82, 2.24) is 4.98 Å². The average Bonchev–Trinajstić information content (AvgIpc) is 2.31. The Morgan fingerprint density at radius 2 is 2.33 bits per heavy atom. The number of rotatable bonds is 2. The Balaban J connectivity index is 2.01. The van der Waals surface area contributed by atoms with Crippen molar-refractivity contribution < 1.29 is 0 Å². The van der Waals surface area contributed by atoms with Crippen molar-refractivity contribution in [3.05, 3.63) is 41.1 Å². The van der Waals surface area contributed by atoms with E-state index in [1.165, 1.54) is 24.2 Å². The number of aromatic nitrogens is 1. The van der Waals surface area contributed by atoms with E-state index in [-0.39, 0.29) is 0 Å². The van der Waals surface area contributed by atoms with Gasteiger partial charge in [-0.25, -0.2) is 0 Å². The van der Waals surface area contributed by atoms with Gasteiger partial charge >= 0.3 is 0 Å². The van der Waals surface area contributed by atoms with Crippen LogP contribution >= 0.6 is 11.8 Å². The lowest BCUT2D eigenvalue weighted by Gasteiger charge is -2.12. The highest BCUT2D eigenvalue weighted by molar-refractivity contribution is 8.17. The molecule has 15 heavy (non-hydrogen) atoms. The lowest BCUT2D eigenvalue weighted by atomic mass is 10.1. The van der Waals surface area contributed by atoms with Gasteiger partial charge in [0.25, 0.3) is 0 Å². The highest BCUT2D eigenvalue weighted by Crippen LogP contribution is 2.29. The number of hydrogen-bond acceptors (Lipinski definition) is 3. The van der Waals surface area contributed by atoms with Gasteiger partial charge in [-0.15, -0.1) is 0 Å². The average molecular weight is 218 g/mol. The van der Waals surface area contributed by atoms with E-state index in [4.69, 9.17) is 5.41 Å². The van der Waals surface area contributed by atoms with E-state index in [1.54, 1.807) is 24.2 Å². The highest BCUT2D eigenvalue weighted by Gasteiger charge is 2.08. The topological polar surface area (TPSA) is 36.7 Å². The summed E-state index contributed by atoms with van der Waals surface area (Å²) >= 11 is 1.58. The molecule has 2 rings (SSSR count). The number of pyridine rings is 1. The zero-order valence-corrected chi connectivity index (χ0v) is 9.39. The third-order valence-electron chi connectivity index (χ3n) is 2.41. The Labute approximate surface area is 94.3 Å². The van der Waals surface area contributed by atoms with Crippen LogP contribution in [0, 0.1) is 5.41 Å². The Morgan fingerprint density at radius 1 is 1.40 bits per heavy atom. The van der Waals surface area contributed by atoms with Gasteiger partial charge in [0.15, 0.2) is 0 Å². The van der Waals surface area contributed by atoms with Gasteiger partial charge in [-0.05, 0) is 42.7 Å². The van der Waals surface area contributed by atoms with Crippen molar-refractivity contribution in [1.29, 1.82) is 5.41 Å². The highest BCUT2D eigenvalue weighted by atomic mass is 32.2. The van der Waals surface area contributed by atoms with Gasteiger partial charge in [0.1, 0.15) is 5.04 Å². The first-order valence-corrected chi connectivity index (χ1v) is 6.04. The zero-order valence-electron chi connectivity index (χ0n) is 8.57. The molecule has 0 saturated heterocycles. The zero-order chi connectivity index (χ0) is 10.5. The van der Waals surface area contributed by atoms with E-state index < -0.39 is 0 Å². The maximum Gasteiger partial charge on any atom is 0.100 e. The van der Waals surface area contributed by atoms with Crippen LogP contribution in [0.15, 0.2) is 35.5 Å². The normalized spacial score (nSPS) is 15.9. The molecule has 1 N–H and O–H groups in total. The third kappa shape index (κ3) is 2.93. The van der Waals surface area contributed by atoms with Crippen LogP contribution in [0.3, 0.4) is 0 Å². The SMILES string of the molecule is N=C(SC1=CCCCC1)c1cccnc1. The predicted octanol–water partition coefficient (Wildman–Crippen LogP) is 3.60. The fraction of sp³-hybridized carbons (Fsp3) is 0.333. The molecule has 0 fully saturated rings. The summed E-state index contributed by atoms with van der Waals surface area (Å²) < 4.78 is 0. The molecule has 1 aromatic rings. The first-order chi connectivity index (χ1) is 7.36. The van der Waals surface area contributed by atoms with Gasteiger partial charge in [0, 0.05) is 18.0 Å². The van der Waals surface area contributed by atoms with Crippen molar-refractivity contribution >= 4 is 16.8 Å². The molecule has 3 heteroatoms. The molecule has 0 spiro atoms. The van der Waals surface area contributed by atoms with E-state index in [9.17, 15) is 0 Å². The third-order valence-corrected chi connectivity index (χ3v) is 3.48. The van der Waals surface area contributed by atoms with Crippen molar-refractivity contribution in [3.63, 3.8) is 0 Å². The van der Waals surface area contributed by atoms with E-state index in [1.807, 2.05) is 12.1 Å². The first-order valence-electron chi connectivity index (χ1n) is 5.22. The quantitative estimate of drug-likeness (QED) is 0.608. The molecule has 1 aliphatic carbocycles. The van der Waals surface area contributed by atoms with Crippen molar-refractivity contribution in [2.24, 2.45) is 0 Å². The molecule has 0 saturated carbocycles. The van der Waals surface area contributed by atoms with Crippen LogP contribution in [0.4, 0.5) is 0 Å². The molecule has 2 nitrogen and oxygen atoms in total. The fourth-order valence-corrected chi connectivity index (χ4v) is 2.54. The molecule has 1 aliphatic rings. The maximum atomic E-state index is 7.95. The smallest absolute Gasteiger partial charge is 0.100 e. The number of hydrogen-bond donors (Lipinski definition) is 1. The molecule has 0 amide bonds. The van der Waals surface area contributed by atoms with Crippen LogP contribution in [-0.4, -0.2) is 10.0 Å². The van der Waals surface area contributed by atoms with E-state index in [0.717, 1.165) is 12.0 Å². The molecule has 78 valence electrons. The Hall–Kier alpha value is -1.09. The molecule has 0 unspecified atom stereocenters. The van der Waals surface area contributed by atoms with Crippen molar-refractivity contribution in [2.45, 2.75) is 25.7 Å². The Kier molecular flexibility index (Phi) is 3.56. The number of thioether (sulfide) groups is 1. The van der Waals surface area contributed by atoms with Crippen LogP contribution in [0.5, 0.6) is 0 Å². The first kappa shape index (κ1) is 10.4. The summed E-state index contributed by atoms with van der Waals surface area (Å²) in [5, 5.41) is 8.56. The van der Waals surface area contributed by atoms with E-state index in [0.29, 0.717) is 5.04 Å². The van der Waals surface area contributed by atoms with Crippen LogP contribution in [-0.2, 0) is 0 Å². The number of allylic oxidation sites excluding steroid dienone is 2. The second kappa shape index (κ2) is 5.12. The summed E-state index contributed by atoms with van der Waals surface area (Å²) in [5.41, 5.74) is 0.911. The fourth-order valence-electron chi connectivity index (χ4n) is 1.59. The van der Waals surface area contributed by atoms with E-state index in [2.05, 4.69) is 11.1 Å². The monoisotopic (exact) mass is 218 g/mol. The van der Waals surface area contributed by atoms with Gasteiger partial charge in [-0.1, -0.05) is 17.8 Å². The van der Waals surface area contributed by atoms with E-state index >= 15 is 0 Å². The molecule has 0 radical (unpaired) electrons. The minimum atomic E-state index is 0.608. The van der Waals surface area contributed by atoms with Crippen LogP contribution in [0.2, 0.25) is 0 Å². The molecule has 1 heterocycles. The van der Waals surface area contributed by atoms with Crippen molar-refractivity contribution in [3.8, 4) is 0 Å². The summed E-state index contributed by atoms with van der Waals surface area (Å²) in [6.07, 6.45) is 10.6. The molecular weight excluding hydrogens is 204 g/mol.